The Bertz CT molecular complexity index is 755. The van der Waals surface area contributed by atoms with Gasteiger partial charge in [-0.05, 0) is 5.56 Å². The molecule has 2 aromatic rings. The summed E-state index contributed by atoms with van der Waals surface area (Å²) >= 11 is 0. The molecule has 0 fully saturated rings. The molecule has 108 valence electrons. The van der Waals surface area contributed by atoms with Crippen LogP contribution in [-0.4, -0.2) is 31.4 Å². The Hall–Kier alpha value is -2.14. The van der Waals surface area contributed by atoms with E-state index in [0.29, 0.717) is 12.4 Å². The first kappa shape index (κ1) is 13.8. The highest BCUT2D eigenvalue weighted by atomic mass is 32.2. The molecule has 0 bridgehead atoms. The second-order valence-corrected chi connectivity index (χ2v) is 6.95. The Morgan fingerprint density at radius 3 is 2.14 bits per heavy atom. The van der Waals surface area contributed by atoms with Crippen LogP contribution in [-0.2, 0) is 10.0 Å². The van der Waals surface area contributed by atoms with Crippen LogP contribution in [0.1, 0.15) is 17.2 Å². The van der Waals surface area contributed by atoms with E-state index >= 15 is 0 Å². The zero-order valence-corrected chi connectivity index (χ0v) is 12.5. The van der Waals surface area contributed by atoms with Crippen LogP contribution in [0.25, 0.3) is 0 Å². The van der Waals surface area contributed by atoms with Gasteiger partial charge in [-0.25, -0.2) is 8.42 Å². The van der Waals surface area contributed by atoms with Crippen LogP contribution in [0.15, 0.2) is 65.7 Å². The fourth-order valence-corrected chi connectivity index (χ4v) is 3.33. The van der Waals surface area contributed by atoms with Crippen LogP contribution >= 0.6 is 0 Å². The van der Waals surface area contributed by atoms with Crippen molar-refractivity contribution in [2.24, 2.45) is 4.99 Å². The summed E-state index contributed by atoms with van der Waals surface area (Å²) in [7, 11) is -3.34. The molecule has 0 aliphatic carbocycles. The van der Waals surface area contributed by atoms with E-state index in [2.05, 4.69) is 4.99 Å². The third kappa shape index (κ3) is 2.83. The van der Waals surface area contributed by atoms with Gasteiger partial charge in [-0.3, -0.25) is 9.30 Å². The molecule has 4 nitrogen and oxygen atoms in total. The number of sulfonamides is 1. The van der Waals surface area contributed by atoms with E-state index in [4.69, 9.17) is 0 Å². The Labute approximate surface area is 124 Å². The normalized spacial score (nSPS) is 18.6. The number of amidine groups is 1. The topological polar surface area (TPSA) is 49.7 Å². The lowest BCUT2D eigenvalue weighted by Crippen LogP contribution is -2.34. The lowest BCUT2D eigenvalue weighted by atomic mass is 10.1. The molecule has 21 heavy (non-hydrogen) atoms. The molecule has 1 aliphatic heterocycles. The SMILES string of the molecule is CS(=O)(=O)N1C[C@H](c2ccccc2)N=C1c1ccccc1. The van der Waals surface area contributed by atoms with E-state index in [1.165, 1.54) is 10.6 Å². The Morgan fingerprint density at radius 1 is 1.00 bits per heavy atom. The standard InChI is InChI=1S/C16H16N2O2S/c1-21(19,20)18-12-15(13-8-4-2-5-9-13)17-16(18)14-10-6-3-7-11-14/h2-11,15H,12H2,1H3/t15-/m1/s1. The zero-order chi connectivity index (χ0) is 14.9. The van der Waals surface area contributed by atoms with Gasteiger partial charge in [0.1, 0.15) is 5.84 Å². The second kappa shape index (κ2) is 5.33. The molecular formula is C16H16N2O2S. The number of hydrogen-bond acceptors (Lipinski definition) is 3. The van der Waals surface area contributed by atoms with E-state index in [9.17, 15) is 8.42 Å². The smallest absolute Gasteiger partial charge is 0.233 e. The molecule has 0 spiro atoms. The third-order valence-corrected chi connectivity index (χ3v) is 4.59. The molecule has 0 radical (unpaired) electrons. The van der Waals surface area contributed by atoms with Crippen molar-refractivity contribution in [2.75, 3.05) is 12.8 Å². The summed E-state index contributed by atoms with van der Waals surface area (Å²) in [5, 5.41) is 0. The highest BCUT2D eigenvalue weighted by molar-refractivity contribution is 7.88. The van der Waals surface area contributed by atoms with Crippen LogP contribution in [0.2, 0.25) is 0 Å². The Kier molecular flexibility index (Phi) is 3.51. The number of rotatable bonds is 3. The fourth-order valence-electron chi connectivity index (χ4n) is 2.45. The first-order valence-corrected chi connectivity index (χ1v) is 8.56. The molecule has 1 aliphatic rings. The summed E-state index contributed by atoms with van der Waals surface area (Å²) in [5.41, 5.74) is 1.85. The summed E-state index contributed by atoms with van der Waals surface area (Å²) in [6.45, 7) is 0.354. The number of benzene rings is 2. The minimum atomic E-state index is -3.34. The molecule has 3 rings (SSSR count). The summed E-state index contributed by atoms with van der Waals surface area (Å²) < 4.78 is 25.5. The number of nitrogens with zero attached hydrogens (tertiary/aromatic N) is 2. The molecule has 0 aromatic heterocycles. The van der Waals surface area contributed by atoms with Gasteiger partial charge < -0.3 is 0 Å². The molecule has 1 heterocycles. The van der Waals surface area contributed by atoms with Gasteiger partial charge in [0.2, 0.25) is 10.0 Å². The molecule has 0 unspecified atom stereocenters. The predicted octanol–water partition coefficient (Wildman–Crippen LogP) is 2.45. The van der Waals surface area contributed by atoms with Crippen molar-refractivity contribution < 1.29 is 8.42 Å². The maximum atomic E-state index is 12.0. The van der Waals surface area contributed by atoms with Crippen LogP contribution in [0, 0.1) is 0 Å². The molecule has 0 saturated heterocycles. The van der Waals surface area contributed by atoms with Crippen molar-refractivity contribution in [3.05, 3.63) is 71.8 Å². The van der Waals surface area contributed by atoms with Crippen LogP contribution in [0.3, 0.4) is 0 Å². The summed E-state index contributed by atoms with van der Waals surface area (Å²) in [6.07, 6.45) is 1.22. The van der Waals surface area contributed by atoms with Crippen molar-refractivity contribution in [3.63, 3.8) is 0 Å². The second-order valence-electron chi connectivity index (χ2n) is 5.04. The van der Waals surface area contributed by atoms with Gasteiger partial charge in [0.05, 0.1) is 18.8 Å². The first-order valence-electron chi connectivity index (χ1n) is 6.71. The van der Waals surface area contributed by atoms with Crippen molar-refractivity contribution >= 4 is 15.9 Å². The maximum Gasteiger partial charge on any atom is 0.233 e. The predicted molar refractivity (Wildman–Crippen MR) is 83.7 cm³/mol. The van der Waals surface area contributed by atoms with Gasteiger partial charge >= 0.3 is 0 Å². The Balaban J connectivity index is 2.04. The summed E-state index contributed by atoms with van der Waals surface area (Å²) in [5.74, 6) is 0.520. The van der Waals surface area contributed by atoms with Crippen LogP contribution < -0.4 is 0 Å². The van der Waals surface area contributed by atoms with Crippen LogP contribution in [0.5, 0.6) is 0 Å². The van der Waals surface area contributed by atoms with Gasteiger partial charge in [-0.1, -0.05) is 60.7 Å². The highest BCUT2D eigenvalue weighted by Gasteiger charge is 2.32. The van der Waals surface area contributed by atoms with Crippen molar-refractivity contribution in [1.29, 1.82) is 0 Å². The maximum absolute atomic E-state index is 12.0. The van der Waals surface area contributed by atoms with Crippen molar-refractivity contribution in [1.82, 2.24) is 4.31 Å². The average Bonchev–Trinajstić information content (AvgIpc) is 2.94. The number of hydrogen-bond donors (Lipinski definition) is 0. The molecular weight excluding hydrogens is 284 g/mol. The van der Waals surface area contributed by atoms with Gasteiger partial charge in [-0.2, -0.15) is 0 Å². The minimum Gasteiger partial charge on any atom is -0.257 e. The Morgan fingerprint density at radius 2 is 1.57 bits per heavy atom. The quantitative estimate of drug-likeness (QED) is 0.874. The third-order valence-electron chi connectivity index (χ3n) is 3.47. The number of aliphatic imine (C=N–C) groups is 1. The summed E-state index contributed by atoms with van der Waals surface area (Å²) in [4.78, 5) is 4.64. The van der Waals surface area contributed by atoms with E-state index in [1.807, 2.05) is 60.7 Å². The van der Waals surface area contributed by atoms with E-state index in [-0.39, 0.29) is 6.04 Å². The minimum absolute atomic E-state index is 0.156. The lowest BCUT2D eigenvalue weighted by molar-refractivity contribution is 0.526. The van der Waals surface area contributed by atoms with E-state index in [1.54, 1.807) is 0 Å². The summed E-state index contributed by atoms with van der Waals surface area (Å²) in [6, 6.07) is 19.0. The molecule has 0 saturated carbocycles. The van der Waals surface area contributed by atoms with Crippen LogP contribution in [0.4, 0.5) is 0 Å². The highest BCUT2D eigenvalue weighted by Crippen LogP contribution is 2.28. The van der Waals surface area contributed by atoms with Gasteiger partial charge in [0, 0.05) is 5.56 Å². The van der Waals surface area contributed by atoms with Crippen molar-refractivity contribution in [3.8, 4) is 0 Å². The van der Waals surface area contributed by atoms with E-state index in [0.717, 1.165) is 11.1 Å². The fraction of sp³-hybridized carbons (Fsp3) is 0.188. The zero-order valence-electron chi connectivity index (χ0n) is 11.7. The molecule has 0 amide bonds. The molecule has 2 aromatic carbocycles. The molecule has 5 heteroatoms. The lowest BCUT2D eigenvalue weighted by Gasteiger charge is -2.18. The van der Waals surface area contributed by atoms with Gasteiger partial charge in [0.25, 0.3) is 0 Å². The average molecular weight is 300 g/mol. The first-order chi connectivity index (χ1) is 10.1. The monoisotopic (exact) mass is 300 g/mol. The van der Waals surface area contributed by atoms with Crippen molar-refractivity contribution in [2.45, 2.75) is 6.04 Å². The largest absolute Gasteiger partial charge is 0.257 e. The van der Waals surface area contributed by atoms with Gasteiger partial charge in [-0.15, -0.1) is 0 Å². The molecule has 0 N–H and O–H groups in total. The van der Waals surface area contributed by atoms with E-state index < -0.39 is 10.0 Å². The molecule has 1 atom stereocenters. The van der Waals surface area contributed by atoms with Gasteiger partial charge in [0.15, 0.2) is 0 Å².